The van der Waals surface area contributed by atoms with Gasteiger partial charge in [-0.3, -0.25) is 10.1 Å². The van der Waals surface area contributed by atoms with Gasteiger partial charge in [-0.15, -0.1) is 0 Å². The van der Waals surface area contributed by atoms with Gasteiger partial charge in [0, 0.05) is 5.39 Å². The van der Waals surface area contributed by atoms with Crippen molar-refractivity contribution in [3.63, 3.8) is 0 Å². The summed E-state index contributed by atoms with van der Waals surface area (Å²) >= 11 is 0. The fourth-order valence-corrected chi connectivity index (χ4v) is 1.97. The van der Waals surface area contributed by atoms with Crippen LogP contribution in [-0.4, -0.2) is 14.9 Å². The van der Waals surface area contributed by atoms with Gasteiger partial charge in [0.2, 0.25) is 5.95 Å². The van der Waals surface area contributed by atoms with E-state index in [1.165, 1.54) is 12.4 Å². The molecule has 0 saturated heterocycles. The molecule has 2 aromatic heterocycles. The Kier molecular flexibility index (Phi) is 3.23. The van der Waals surface area contributed by atoms with Crippen molar-refractivity contribution in [2.45, 2.75) is 13.0 Å². The monoisotopic (exact) mass is 284 g/mol. The molecule has 1 atom stereocenters. The van der Waals surface area contributed by atoms with Crippen LogP contribution in [0.2, 0.25) is 0 Å². The number of hydrogen-bond acceptors (Lipinski definition) is 6. The van der Waals surface area contributed by atoms with E-state index in [2.05, 4.69) is 15.3 Å². The molecule has 106 valence electrons. The molecular formula is C14H12N4O3. The normalized spacial score (nSPS) is 12.2. The Bertz CT molecular complexity index is 749. The minimum Gasteiger partial charge on any atom is -0.459 e. The van der Waals surface area contributed by atoms with Crippen molar-refractivity contribution >= 4 is 22.6 Å². The molecule has 7 heteroatoms. The van der Waals surface area contributed by atoms with Crippen molar-refractivity contribution in [1.82, 2.24) is 9.97 Å². The first-order valence-corrected chi connectivity index (χ1v) is 6.35. The highest BCUT2D eigenvalue weighted by atomic mass is 16.6. The van der Waals surface area contributed by atoms with Crippen LogP contribution in [0.15, 0.2) is 47.1 Å². The maximum absolute atomic E-state index is 10.5. The van der Waals surface area contributed by atoms with Gasteiger partial charge in [-0.05, 0) is 19.1 Å². The van der Waals surface area contributed by atoms with E-state index in [9.17, 15) is 10.1 Å². The zero-order valence-corrected chi connectivity index (χ0v) is 11.2. The highest BCUT2D eigenvalue weighted by Gasteiger charge is 2.13. The first-order chi connectivity index (χ1) is 10.1. The van der Waals surface area contributed by atoms with Gasteiger partial charge < -0.3 is 9.73 Å². The van der Waals surface area contributed by atoms with E-state index >= 15 is 0 Å². The molecule has 0 unspecified atom stereocenters. The second-order valence-electron chi connectivity index (χ2n) is 4.57. The van der Waals surface area contributed by atoms with Crippen LogP contribution in [0.5, 0.6) is 0 Å². The number of furan rings is 1. The van der Waals surface area contributed by atoms with Gasteiger partial charge in [0.05, 0.1) is 11.0 Å². The molecule has 0 saturated carbocycles. The average Bonchev–Trinajstić information content (AvgIpc) is 2.92. The number of nitrogens with one attached hydrogen (secondary N) is 1. The van der Waals surface area contributed by atoms with Crippen LogP contribution >= 0.6 is 0 Å². The van der Waals surface area contributed by atoms with E-state index in [0.717, 1.165) is 16.7 Å². The smallest absolute Gasteiger partial charge is 0.305 e. The second-order valence-corrected chi connectivity index (χ2v) is 4.57. The predicted molar refractivity (Wildman–Crippen MR) is 76.9 cm³/mol. The van der Waals surface area contributed by atoms with Crippen molar-refractivity contribution in [1.29, 1.82) is 0 Å². The van der Waals surface area contributed by atoms with Gasteiger partial charge in [0.15, 0.2) is 0 Å². The van der Waals surface area contributed by atoms with Crippen LogP contribution in [0.4, 0.5) is 11.6 Å². The fourth-order valence-electron chi connectivity index (χ4n) is 1.97. The van der Waals surface area contributed by atoms with Crippen molar-refractivity contribution in [2.24, 2.45) is 0 Å². The van der Waals surface area contributed by atoms with Crippen molar-refractivity contribution < 1.29 is 9.34 Å². The summed E-state index contributed by atoms with van der Waals surface area (Å²) in [5.74, 6) is 1.06. The van der Waals surface area contributed by atoms with Crippen LogP contribution in [-0.2, 0) is 0 Å². The molecule has 0 aliphatic heterocycles. The number of nitrogens with zero attached hydrogens (tertiary/aromatic N) is 3. The van der Waals surface area contributed by atoms with Gasteiger partial charge in [-0.2, -0.15) is 0 Å². The molecule has 21 heavy (non-hydrogen) atoms. The summed E-state index contributed by atoms with van der Waals surface area (Å²) in [7, 11) is 0. The highest BCUT2D eigenvalue weighted by Crippen LogP contribution is 2.25. The molecule has 3 aromatic rings. The molecule has 7 nitrogen and oxygen atoms in total. The Morgan fingerprint density at radius 1 is 1.29 bits per heavy atom. The summed E-state index contributed by atoms with van der Waals surface area (Å²) in [6.07, 6.45) is 2.33. The van der Waals surface area contributed by atoms with Gasteiger partial charge >= 0.3 is 5.69 Å². The minimum absolute atomic E-state index is 0.142. The van der Waals surface area contributed by atoms with E-state index in [1.807, 2.05) is 37.3 Å². The molecule has 1 N–H and O–H groups in total. The van der Waals surface area contributed by atoms with Crippen LogP contribution in [0.3, 0.4) is 0 Å². The third kappa shape index (κ3) is 2.66. The zero-order valence-electron chi connectivity index (χ0n) is 11.2. The quantitative estimate of drug-likeness (QED) is 0.583. The number of rotatable bonds is 4. The predicted octanol–water partition coefficient (Wildman–Crippen LogP) is 3.30. The van der Waals surface area contributed by atoms with E-state index in [0.29, 0.717) is 5.95 Å². The fraction of sp³-hybridized carbons (Fsp3) is 0.143. The van der Waals surface area contributed by atoms with Crippen LogP contribution in [0, 0.1) is 10.1 Å². The third-order valence-electron chi connectivity index (χ3n) is 3.07. The number of anilines is 1. The molecule has 3 rings (SSSR count). The van der Waals surface area contributed by atoms with Crippen molar-refractivity contribution in [3.05, 3.63) is 58.6 Å². The SMILES string of the molecule is C[C@@H](Nc1ncc([N+](=O)[O-])cn1)c1cc2ccccc2o1. The molecule has 2 heterocycles. The molecule has 0 bridgehead atoms. The molecule has 0 amide bonds. The molecular weight excluding hydrogens is 272 g/mol. The van der Waals surface area contributed by atoms with Gasteiger partial charge in [0.25, 0.3) is 0 Å². The molecule has 0 fully saturated rings. The maximum Gasteiger partial charge on any atom is 0.305 e. The number of para-hydroxylation sites is 1. The van der Waals surface area contributed by atoms with Crippen molar-refractivity contribution in [3.8, 4) is 0 Å². The Labute approximate surface area is 119 Å². The standard InChI is InChI=1S/C14H12N4O3/c1-9(13-6-10-4-2-3-5-12(10)21-13)17-14-15-7-11(8-16-14)18(19)20/h2-9H,1H3,(H,15,16,17)/t9-/m1/s1. The lowest BCUT2D eigenvalue weighted by molar-refractivity contribution is -0.385. The number of benzene rings is 1. The number of hydrogen-bond donors (Lipinski definition) is 1. The maximum atomic E-state index is 10.5. The van der Waals surface area contributed by atoms with Crippen LogP contribution in [0.25, 0.3) is 11.0 Å². The summed E-state index contributed by atoms with van der Waals surface area (Å²) in [4.78, 5) is 17.8. The zero-order chi connectivity index (χ0) is 14.8. The lowest BCUT2D eigenvalue weighted by Crippen LogP contribution is -2.08. The lowest BCUT2D eigenvalue weighted by Gasteiger charge is -2.10. The highest BCUT2D eigenvalue weighted by molar-refractivity contribution is 5.77. The van der Waals surface area contributed by atoms with E-state index in [-0.39, 0.29) is 11.7 Å². The summed E-state index contributed by atoms with van der Waals surface area (Å²) in [5, 5.41) is 14.6. The first kappa shape index (κ1) is 13.0. The second kappa shape index (κ2) is 5.20. The van der Waals surface area contributed by atoms with E-state index in [1.54, 1.807) is 0 Å². The number of fused-ring (bicyclic) bond motifs is 1. The third-order valence-corrected chi connectivity index (χ3v) is 3.07. The largest absolute Gasteiger partial charge is 0.459 e. The molecule has 0 aliphatic carbocycles. The van der Waals surface area contributed by atoms with Gasteiger partial charge in [-0.1, -0.05) is 18.2 Å². The Morgan fingerprint density at radius 3 is 2.67 bits per heavy atom. The molecule has 0 radical (unpaired) electrons. The number of nitro groups is 1. The molecule has 0 spiro atoms. The first-order valence-electron chi connectivity index (χ1n) is 6.35. The average molecular weight is 284 g/mol. The van der Waals surface area contributed by atoms with E-state index in [4.69, 9.17) is 4.42 Å². The lowest BCUT2D eigenvalue weighted by atomic mass is 10.2. The topological polar surface area (TPSA) is 94.1 Å². The molecule has 0 aliphatic rings. The summed E-state index contributed by atoms with van der Waals surface area (Å²) < 4.78 is 5.74. The Morgan fingerprint density at radius 2 is 2.00 bits per heavy atom. The summed E-state index contributed by atoms with van der Waals surface area (Å²) in [6.45, 7) is 1.91. The number of aromatic nitrogens is 2. The summed E-state index contributed by atoms with van der Waals surface area (Å²) in [5.41, 5.74) is 0.669. The van der Waals surface area contributed by atoms with Crippen LogP contribution < -0.4 is 5.32 Å². The van der Waals surface area contributed by atoms with Gasteiger partial charge in [0.1, 0.15) is 23.7 Å². The van der Waals surface area contributed by atoms with Crippen LogP contribution in [0.1, 0.15) is 18.7 Å². The van der Waals surface area contributed by atoms with E-state index < -0.39 is 4.92 Å². The minimum atomic E-state index is -0.535. The molecule has 1 aromatic carbocycles. The van der Waals surface area contributed by atoms with Gasteiger partial charge in [-0.25, -0.2) is 9.97 Å². The Balaban J connectivity index is 1.78. The summed E-state index contributed by atoms with van der Waals surface area (Å²) in [6, 6.07) is 9.51. The van der Waals surface area contributed by atoms with Crippen molar-refractivity contribution in [2.75, 3.05) is 5.32 Å². The Hall–Kier alpha value is -2.96.